The van der Waals surface area contributed by atoms with Crippen LogP contribution in [0.5, 0.6) is 11.5 Å². The van der Waals surface area contributed by atoms with E-state index in [0.717, 1.165) is 16.8 Å². The molecule has 0 radical (unpaired) electrons. The van der Waals surface area contributed by atoms with Crippen LogP contribution in [0.3, 0.4) is 0 Å². The lowest BCUT2D eigenvalue weighted by Gasteiger charge is -2.10. The molecule has 3 rings (SSSR count). The maximum atomic E-state index is 13.9. The fourth-order valence-corrected chi connectivity index (χ4v) is 2.69. The lowest BCUT2D eigenvalue weighted by atomic mass is 10.0. The van der Waals surface area contributed by atoms with Crippen LogP contribution in [0, 0.1) is 5.82 Å². The van der Waals surface area contributed by atoms with Gasteiger partial charge in [0, 0.05) is 18.2 Å². The summed E-state index contributed by atoms with van der Waals surface area (Å²) in [6, 6.07) is 13.4. The Labute approximate surface area is 156 Å². The van der Waals surface area contributed by atoms with Crippen LogP contribution in [0.25, 0.3) is 11.1 Å². The van der Waals surface area contributed by atoms with Gasteiger partial charge in [-0.05, 0) is 35.4 Å². The normalized spacial score (nSPS) is 10.6. The minimum Gasteiger partial charge on any atom is -0.502 e. The molecule has 0 unspecified atom stereocenters. The van der Waals surface area contributed by atoms with Gasteiger partial charge in [-0.15, -0.1) is 0 Å². The summed E-state index contributed by atoms with van der Waals surface area (Å²) in [5.74, 6) is 0.114. The number of hydrogen-bond donors (Lipinski definition) is 2. The predicted octanol–water partition coefficient (Wildman–Crippen LogP) is 4.33. The highest BCUT2D eigenvalue weighted by Gasteiger charge is 2.11. The van der Waals surface area contributed by atoms with E-state index in [1.54, 1.807) is 12.1 Å². The summed E-state index contributed by atoms with van der Waals surface area (Å²) in [5.41, 5.74) is 1.91. The van der Waals surface area contributed by atoms with Gasteiger partial charge in [-0.3, -0.25) is 4.79 Å². The molecule has 0 fully saturated rings. The zero-order valence-corrected chi connectivity index (χ0v) is 15.1. The van der Waals surface area contributed by atoms with Gasteiger partial charge in [0.2, 0.25) is 11.2 Å². The van der Waals surface area contributed by atoms with Crippen molar-refractivity contribution < 1.29 is 18.7 Å². The minimum atomic E-state index is -0.452. The maximum Gasteiger partial charge on any atom is 0.227 e. The maximum absolute atomic E-state index is 13.9. The quantitative estimate of drug-likeness (QED) is 0.676. The number of aromatic hydroxyl groups is 1. The first-order valence-electron chi connectivity index (χ1n) is 8.54. The Balaban J connectivity index is 1.74. The van der Waals surface area contributed by atoms with E-state index < -0.39 is 11.2 Å². The molecule has 140 valence electrons. The Hall–Kier alpha value is -3.28. The van der Waals surface area contributed by atoms with Crippen molar-refractivity contribution in [3.8, 4) is 22.6 Å². The molecule has 27 heavy (non-hydrogen) atoms. The molecular formula is C21H20FNO4. The van der Waals surface area contributed by atoms with Crippen LogP contribution >= 0.6 is 0 Å². The molecule has 2 aromatic carbocycles. The summed E-state index contributed by atoms with van der Waals surface area (Å²) in [6.45, 7) is 2.04. The predicted molar refractivity (Wildman–Crippen MR) is 102 cm³/mol. The molecule has 0 atom stereocenters. The molecule has 0 amide bonds. The highest BCUT2D eigenvalue weighted by Crippen LogP contribution is 2.26. The molecule has 0 bridgehead atoms. The third-order valence-corrected chi connectivity index (χ3v) is 4.22. The number of benzene rings is 2. The summed E-state index contributed by atoms with van der Waals surface area (Å²) in [7, 11) is 1.43. The lowest BCUT2D eigenvalue weighted by molar-refractivity contribution is 0.386. The van der Waals surface area contributed by atoms with Crippen LogP contribution < -0.4 is 15.5 Å². The van der Waals surface area contributed by atoms with E-state index in [-0.39, 0.29) is 23.8 Å². The highest BCUT2D eigenvalue weighted by molar-refractivity contribution is 5.66. The minimum absolute atomic E-state index is 0.172. The monoisotopic (exact) mass is 369 g/mol. The van der Waals surface area contributed by atoms with Gasteiger partial charge in [0.25, 0.3) is 0 Å². The van der Waals surface area contributed by atoms with Gasteiger partial charge in [-0.25, -0.2) is 4.39 Å². The van der Waals surface area contributed by atoms with Crippen molar-refractivity contribution in [3.63, 3.8) is 0 Å². The van der Waals surface area contributed by atoms with Crippen molar-refractivity contribution in [2.24, 2.45) is 0 Å². The number of aryl methyl sites for hydroxylation is 1. The first-order chi connectivity index (χ1) is 13.0. The van der Waals surface area contributed by atoms with Crippen LogP contribution in [-0.2, 0) is 13.0 Å². The molecule has 1 heterocycles. The molecule has 3 aromatic rings. The Bertz CT molecular complexity index is 996. The molecule has 6 heteroatoms. The molecule has 2 N–H and O–H groups in total. The average molecular weight is 369 g/mol. The third-order valence-electron chi connectivity index (χ3n) is 4.22. The van der Waals surface area contributed by atoms with Gasteiger partial charge in [-0.1, -0.05) is 25.1 Å². The SMILES string of the molecule is CCc1cc(=O)c(O)c(CNc2ccc(-c3ccc(OC)c(F)c3)cc2)o1. The van der Waals surface area contributed by atoms with Crippen molar-refractivity contribution >= 4 is 5.69 Å². The molecule has 0 aliphatic rings. The number of rotatable bonds is 6. The van der Waals surface area contributed by atoms with Crippen molar-refractivity contribution in [3.05, 3.63) is 76.1 Å². The second kappa shape index (κ2) is 7.95. The Kier molecular flexibility index (Phi) is 5.45. The van der Waals surface area contributed by atoms with Crippen LogP contribution in [0.2, 0.25) is 0 Å². The molecule has 0 aliphatic heterocycles. The van der Waals surface area contributed by atoms with E-state index in [9.17, 15) is 14.3 Å². The topological polar surface area (TPSA) is 71.7 Å². The highest BCUT2D eigenvalue weighted by atomic mass is 19.1. The Morgan fingerprint density at radius 1 is 1.11 bits per heavy atom. The van der Waals surface area contributed by atoms with E-state index in [2.05, 4.69) is 5.32 Å². The molecule has 0 saturated heterocycles. The zero-order valence-electron chi connectivity index (χ0n) is 15.1. The van der Waals surface area contributed by atoms with Gasteiger partial charge in [0.05, 0.1) is 13.7 Å². The van der Waals surface area contributed by atoms with Crippen molar-refractivity contribution in [2.75, 3.05) is 12.4 Å². The van der Waals surface area contributed by atoms with Gasteiger partial charge in [-0.2, -0.15) is 0 Å². The summed E-state index contributed by atoms with van der Waals surface area (Å²) in [4.78, 5) is 11.7. The van der Waals surface area contributed by atoms with E-state index in [4.69, 9.17) is 9.15 Å². The molecule has 0 saturated carbocycles. The number of hydrogen-bond acceptors (Lipinski definition) is 5. The summed E-state index contributed by atoms with van der Waals surface area (Å²) in [5, 5.41) is 13.0. The van der Waals surface area contributed by atoms with Gasteiger partial charge in [0.15, 0.2) is 17.3 Å². The Morgan fingerprint density at radius 2 is 1.81 bits per heavy atom. The first kappa shape index (κ1) is 18.5. The summed E-state index contributed by atoms with van der Waals surface area (Å²) in [6.07, 6.45) is 0.565. The number of nitrogens with one attached hydrogen (secondary N) is 1. The standard InChI is InChI=1S/C21H20FNO4/c1-3-16-11-18(24)21(25)20(27-16)12-23-15-7-4-13(5-8-15)14-6-9-19(26-2)17(22)10-14/h4-11,23,25H,3,12H2,1-2H3. The zero-order chi connectivity index (χ0) is 19.4. The van der Waals surface area contributed by atoms with E-state index in [1.807, 2.05) is 31.2 Å². The van der Waals surface area contributed by atoms with Crippen LogP contribution in [-0.4, -0.2) is 12.2 Å². The number of ether oxygens (including phenoxy) is 1. The first-order valence-corrected chi connectivity index (χ1v) is 8.54. The third kappa shape index (κ3) is 4.11. The lowest BCUT2D eigenvalue weighted by Crippen LogP contribution is -2.08. The Morgan fingerprint density at radius 3 is 2.44 bits per heavy atom. The number of halogens is 1. The van der Waals surface area contributed by atoms with Crippen molar-refractivity contribution in [1.82, 2.24) is 0 Å². The second-order valence-electron chi connectivity index (χ2n) is 5.98. The van der Waals surface area contributed by atoms with Gasteiger partial charge >= 0.3 is 0 Å². The van der Waals surface area contributed by atoms with Gasteiger partial charge in [0.1, 0.15) is 5.76 Å². The van der Waals surface area contributed by atoms with E-state index in [1.165, 1.54) is 19.2 Å². The summed E-state index contributed by atoms with van der Waals surface area (Å²) < 4.78 is 24.3. The summed E-state index contributed by atoms with van der Waals surface area (Å²) >= 11 is 0. The fraction of sp³-hybridized carbons (Fsp3) is 0.190. The number of anilines is 1. The molecule has 0 spiro atoms. The van der Waals surface area contributed by atoms with E-state index >= 15 is 0 Å². The van der Waals surface area contributed by atoms with E-state index in [0.29, 0.717) is 12.2 Å². The smallest absolute Gasteiger partial charge is 0.227 e. The van der Waals surface area contributed by atoms with Crippen molar-refractivity contribution in [2.45, 2.75) is 19.9 Å². The van der Waals surface area contributed by atoms with Crippen LogP contribution in [0.1, 0.15) is 18.4 Å². The van der Waals surface area contributed by atoms with Crippen LogP contribution in [0.15, 0.2) is 57.7 Å². The molecule has 5 nitrogen and oxygen atoms in total. The average Bonchev–Trinajstić information content (AvgIpc) is 2.69. The molecule has 1 aromatic heterocycles. The molecular weight excluding hydrogens is 349 g/mol. The fourth-order valence-electron chi connectivity index (χ4n) is 2.69. The van der Waals surface area contributed by atoms with Crippen molar-refractivity contribution in [1.29, 1.82) is 0 Å². The van der Waals surface area contributed by atoms with Gasteiger partial charge < -0.3 is 19.6 Å². The van der Waals surface area contributed by atoms with Crippen LogP contribution in [0.4, 0.5) is 10.1 Å². The largest absolute Gasteiger partial charge is 0.502 e. The second-order valence-corrected chi connectivity index (χ2v) is 5.98. The molecule has 0 aliphatic carbocycles. The number of methoxy groups -OCH3 is 1.